The van der Waals surface area contributed by atoms with Gasteiger partial charge >= 0.3 is 0 Å². The van der Waals surface area contributed by atoms with Crippen LogP contribution >= 0.6 is 11.6 Å². The number of carbonyl (C=O) groups is 1. The number of nitrogens with one attached hydrogen (secondary N) is 1. The van der Waals surface area contributed by atoms with Crippen molar-refractivity contribution in [3.63, 3.8) is 0 Å². The van der Waals surface area contributed by atoms with E-state index in [4.69, 9.17) is 16.7 Å². The summed E-state index contributed by atoms with van der Waals surface area (Å²) in [6.07, 6.45) is 0. The molecule has 0 fully saturated rings. The molecular formula is C24H16ClFN6O3S. The van der Waals surface area contributed by atoms with Gasteiger partial charge in [0.25, 0.3) is 5.91 Å². The number of rotatable bonds is 5. The quantitative estimate of drug-likeness (QED) is 0.356. The van der Waals surface area contributed by atoms with E-state index in [2.05, 4.69) is 20.8 Å². The molecule has 1 heterocycles. The number of nitrogens with two attached hydrogens (primary N) is 1. The van der Waals surface area contributed by atoms with Crippen molar-refractivity contribution in [2.75, 3.05) is 5.32 Å². The van der Waals surface area contributed by atoms with Crippen molar-refractivity contribution in [1.29, 1.82) is 0 Å². The molecule has 0 unspecified atom stereocenters. The van der Waals surface area contributed by atoms with E-state index in [1.54, 1.807) is 48.5 Å². The van der Waals surface area contributed by atoms with Crippen LogP contribution in [-0.4, -0.2) is 34.5 Å². The number of primary sulfonamides is 1. The highest BCUT2D eigenvalue weighted by Crippen LogP contribution is 2.32. The van der Waals surface area contributed by atoms with Crippen LogP contribution in [0.5, 0.6) is 0 Å². The SMILES string of the molecule is NS(=O)(=O)c1ccccc1-c1ccc(NC(=O)c2nnnn2-c2cc3ccccc3cc2F)c(Cl)c1. The Morgan fingerprint density at radius 3 is 2.39 bits per heavy atom. The van der Waals surface area contributed by atoms with Crippen LogP contribution in [0.25, 0.3) is 27.6 Å². The van der Waals surface area contributed by atoms with Gasteiger partial charge in [0.15, 0.2) is 0 Å². The zero-order valence-corrected chi connectivity index (χ0v) is 19.8. The summed E-state index contributed by atoms with van der Waals surface area (Å²) in [6, 6.07) is 20.8. The number of sulfonamides is 1. The molecular weight excluding hydrogens is 507 g/mol. The molecule has 1 aromatic heterocycles. The molecule has 0 aliphatic carbocycles. The maximum absolute atomic E-state index is 14.8. The number of carbonyl (C=O) groups excluding carboxylic acids is 1. The average Bonchev–Trinajstić information content (AvgIpc) is 3.34. The number of amides is 1. The van der Waals surface area contributed by atoms with E-state index in [0.29, 0.717) is 16.5 Å². The van der Waals surface area contributed by atoms with Gasteiger partial charge in [-0.15, -0.1) is 5.10 Å². The molecule has 0 bridgehead atoms. The molecule has 1 amide bonds. The van der Waals surface area contributed by atoms with Crippen molar-refractivity contribution in [1.82, 2.24) is 20.2 Å². The highest BCUT2D eigenvalue weighted by atomic mass is 35.5. The predicted octanol–water partition coefficient (Wildman–Crippen LogP) is 4.17. The fraction of sp³-hybridized carbons (Fsp3) is 0. The van der Waals surface area contributed by atoms with Crippen LogP contribution in [0.15, 0.2) is 83.8 Å². The molecule has 5 rings (SSSR count). The molecule has 4 aromatic carbocycles. The molecule has 9 nitrogen and oxygen atoms in total. The molecule has 5 aromatic rings. The van der Waals surface area contributed by atoms with Gasteiger partial charge in [-0.25, -0.2) is 17.9 Å². The molecule has 0 aliphatic heterocycles. The third-order valence-electron chi connectivity index (χ3n) is 5.44. The number of aromatic nitrogens is 4. The van der Waals surface area contributed by atoms with E-state index in [0.717, 1.165) is 10.1 Å². The number of nitrogens with zero attached hydrogens (tertiary/aromatic N) is 4. The fourth-order valence-corrected chi connectivity index (χ4v) is 4.76. The largest absolute Gasteiger partial charge is 0.318 e. The Balaban J connectivity index is 1.46. The van der Waals surface area contributed by atoms with E-state index in [1.165, 1.54) is 24.3 Å². The van der Waals surface area contributed by atoms with Gasteiger partial charge in [0.05, 0.1) is 15.6 Å². The minimum absolute atomic E-state index is 0.00453. The molecule has 12 heteroatoms. The lowest BCUT2D eigenvalue weighted by Crippen LogP contribution is -2.19. The fourth-order valence-electron chi connectivity index (χ4n) is 3.77. The van der Waals surface area contributed by atoms with Crippen LogP contribution in [-0.2, 0) is 10.0 Å². The minimum atomic E-state index is -3.97. The third-order valence-corrected chi connectivity index (χ3v) is 6.72. The average molecular weight is 523 g/mol. The summed E-state index contributed by atoms with van der Waals surface area (Å²) in [5, 5.41) is 20.5. The van der Waals surface area contributed by atoms with Crippen molar-refractivity contribution in [3.05, 3.63) is 95.5 Å². The Hall–Kier alpha value is -4.19. The summed E-state index contributed by atoms with van der Waals surface area (Å²) in [7, 11) is -3.97. The number of fused-ring (bicyclic) bond motifs is 1. The van der Waals surface area contributed by atoms with E-state index in [-0.39, 0.29) is 27.1 Å². The first kappa shape index (κ1) is 23.5. The van der Waals surface area contributed by atoms with E-state index >= 15 is 0 Å². The highest BCUT2D eigenvalue weighted by molar-refractivity contribution is 7.89. The maximum Gasteiger partial charge on any atom is 0.295 e. The van der Waals surface area contributed by atoms with Crippen molar-refractivity contribution in [3.8, 4) is 16.8 Å². The first-order valence-corrected chi connectivity index (χ1v) is 12.3. The number of hydrogen-bond donors (Lipinski definition) is 2. The summed E-state index contributed by atoms with van der Waals surface area (Å²) >= 11 is 6.38. The first-order chi connectivity index (χ1) is 17.2. The van der Waals surface area contributed by atoms with E-state index < -0.39 is 21.7 Å². The summed E-state index contributed by atoms with van der Waals surface area (Å²) in [5.41, 5.74) is 1.05. The molecule has 0 saturated heterocycles. The first-order valence-electron chi connectivity index (χ1n) is 10.4. The molecule has 0 atom stereocenters. The zero-order valence-electron chi connectivity index (χ0n) is 18.3. The Bertz CT molecular complexity index is 1760. The van der Waals surface area contributed by atoms with Crippen molar-refractivity contribution >= 4 is 44.0 Å². The summed E-state index contributed by atoms with van der Waals surface area (Å²) in [6.45, 7) is 0. The Morgan fingerprint density at radius 2 is 1.67 bits per heavy atom. The van der Waals surface area contributed by atoms with Crippen LogP contribution in [0.3, 0.4) is 0 Å². The number of hydrogen-bond acceptors (Lipinski definition) is 6. The van der Waals surface area contributed by atoms with Gasteiger partial charge in [-0.3, -0.25) is 4.79 Å². The molecule has 0 aliphatic rings. The third kappa shape index (κ3) is 4.42. The number of tetrazole rings is 1. The van der Waals surface area contributed by atoms with Gasteiger partial charge in [-0.2, -0.15) is 4.68 Å². The van der Waals surface area contributed by atoms with Crippen molar-refractivity contribution in [2.45, 2.75) is 4.90 Å². The van der Waals surface area contributed by atoms with Crippen molar-refractivity contribution < 1.29 is 17.6 Å². The van der Waals surface area contributed by atoms with Gasteiger partial charge in [-0.05, 0) is 57.1 Å². The lowest BCUT2D eigenvalue weighted by molar-refractivity contribution is 0.101. The normalized spacial score (nSPS) is 11.5. The molecule has 0 radical (unpaired) electrons. The van der Waals surface area contributed by atoms with Gasteiger partial charge in [-0.1, -0.05) is 60.1 Å². The Morgan fingerprint density at radius 1 is 0.972 bits per heavy atom. The van der Waals surface area contributed by atoms with Crippen molar-refractivity contribution in [2.24, 2.45) is 5.14 Å². The van der Waals surface area contributed by atoms with E-state index in [9.17, 15) is 17.6 Å². The minimum Gasteiger partial charge on any atom is -0.318 e. The standard InChI is InChI=1S/C24H16ClFN6O3S/c25-18-11-16(17-7-3-4-8-22(17)36(27,34)35)9-10-20(18)28-24(33)23-29-30-31-32(23)21-13-15-6-2-1-5-14(15)12-19(21)26/h1-13H,(H,28,33)(H2,27,34,35). The van der Waals surface area contributed by atoms with Gasteiger partial charge in [0, 0.05) is 5.56 Å². The zero-order chi connectivity index (χ0) is 25.4. The molecule has 3 N–H and O–H groups in total. The monoisotopic (exact) mass is 522 g/mol. The predicted molar refractivity (Wildman–Crippen MR) is 133 cm³/mol. The molecule has 0 saturated carbocycles. The van der Waals surface area contributed by atoms with Gasteiger partial charge < -0.3 is 5.32 Å². The number of anilines is 1. The second-order valence-electron chi connectivity index (χ2n) is 7.75. The topological polar surface area (TPSA) is 133 Å². The van der Waals surface area contributed by atoms with Crippen LogP contribution in [0.1, 0.15) is 10.6 Å². The molecule has 180 valence electrons. The van der Waals surface area contributed by atoms with Crippen LogP contribution in [0, 0.1) is 5.82 Å². The Kier molecular flexibility index (Phi) is 5.96. The molecule has 0 spiro atoms. The van der Waals surface area contributed by atoms with Gasteiger partial charge in [0.2, 0.25) is 15.8 Å². The van der Waals surface area contributed by atoms with Gasteiger partial charge in [0.1, 0.15) is 11.5 Å². The van der Waals surface area contributed by atoms with Crippen LogP contribution in [0.4, 0.5) is 10.1 Å². The lowest BCUT2D eigenvalue weighted by atomic mass is 10.1. The Labute approximate surface area is 209 Å². The smallest absolute Gasteiger partial charge is 0.295 e. The number of halogens is 2. The van der Waals surface area contributed by atoms with Crippen LogP contribution in [0.2, 0.25) is 5.02 Å². The second-order valence-corrected chi connectivity index (χ2v) is 9.69. The lowest BCUT2D eigenvalue weighted by Gasteiger charge is -2.12. The summed E-state index contributed by atoms with van der Waals surface area (Å²) in [5.74, 6) is -1.60. The highest BCUT2D eigenvalue weighted by Gasteiger charge is 2.21. The summed E-state index contributed by atoms with van der Waals surface area (Å²) in [4.78, 5) is 12.9. The molecule has 36 heavy (non-hydrogen) atoms. The van der Waals surface area contributed by atoms with Crippen LogP contribution < -0.4 is 10.5 Å². The number of benzene rings is 4. The van der Waals surface area contributed by atoms with E-state index in [1.807, 2.05) is 6.07 Å². The maximum atomic E-state index is 14.8. The second kappa shape index (κ2) is 9.11. The summed E-state index contributed by atoms with van der Waals surface area (Å²) < 4.78 is 39.7.